The van der Waals surface area contributed by atoms with E-state index in [0.29, 0.717) is 21.7 Å². The molecule has 5 nitrogen and oxygen atoms in total. The van der Waals surface area contributed by atoms with Gasteiger partial charge in [-0.15, -0.1) is 0 Å². The maximum atomic E-state index is 13.9. The van der Waals surface area contributed by atoms with Gasteiger partial charge in [0.2, 0.25) is 0 Å². The molecule has 0 aliphatic heterocycles. The van der Waals surface area contributed by atoms with Crippen molar-refractivity contribution in [1.29, 1.82) is 0 Å². The zero-order chi connectivity index (χ0) is 19.5. The SMILES string of the molecule is Cc1cc(F)c(S(C)(=O)=O)cc1C#Cc1cc(Cl)ccc1OCC(=O)O. The standard InChI is InChI=1S/C18H14ClFO5S/c1-11-7-15(20)17(26(2,23)24)9-12(11)3-4-13-8-14(19)5-6-16(13)25-10-18(21)22/h5-9H,10H2,1-2H3,(H,21,22). The van der Waals surface area contributed by atoms with Crippen LogP contribution in [-0.2, 0) is 14.6 Å². The maximum absolute atomic E-state index is 13.9. The predicted octanol–water partition coefficient (Wildman–Crippen LogP) is 3.05. The summed E-state index contributed by atoms with van der Waals surface area (Å²) in [5, 5.41) is 9.08. The lowest BCUT2D eigenvalue weighted by atomic mass is 10.1. The van der Waals surface area contributed by atoms with Crippen LogP contribution >= 0.6 is 11.6 Å². The number of hydrogen-bond donors (Lipinski definition) is 1. The molecule has 0 aromatic heterocycles. The monoisotopic (exact) mass is 396 g/mol. The minimum atomic E-state index is -3.74. The first-order valence-electron chi connectivity index (χ1n) is 7.24. The molecule has 0 aliphatic carbocycles. The van der Waals surface area contributed by atoms with Gasteiger partial charge in [-0.1, -0.05) is 23.4 Å². The quantitative estimate of drug-likeness (QED) is 0.803. The minimum absolute atomic E-state index is 0.215. The Bertz CT molecular complexity index is 1040. The van der Waals surface area contributed by atoms with Crippen LogP contribution in [0.1, 0.15) is 16.7 Å². The van der Waals surface area contributed by atoms with Crippen LogP contribution < -0.4 is 4.74 Å². The average molecular weight is 397 g/mol. The van der Waals surface area contributed by atoms with Crippen LogP contribution in [0.3, 0.4) is 0 Å². The molecule has 0 aliphatic rings. The molecule has 0 spiro atoms. The van der Waals surface area contributed by atoms with Crippen molar-refractivity contribution in [1.82, 2.24) is 0 Å². The highest BCUT2D eigenvalue weighted by atomic mass is 35.5. The summed E-state index contributed by atoms with van der Waals surface area (Å²) in [5.74, 6) is 3.74. The maximum Gasteiger partial charge on any atom is 0.341 e. The third-order valence-electron chi connectivity index (χ3n) is 3.30. The van der Waals surface area contributed by atoms with Gasteiger partial charge >= 0.3 is 5.97 Å². The van der Waals surface area contributed by atoms with Crippen molar-refractivity contribution in [3.05, 3.63) is 57.9 Å². The van der Waals surface area contributed by atoms with Crippen molar-refractivity contribution >= 4 is 27.4 Å². The molecule has 0 amide bonds. The Morgan fingerprint density at radius 3 is 2.50 bits per heavy atom. The van der Waals surface area contributed by atoms with Gasteiger partial charge in [-0.05, 0) is 42.8 Å². The Morgan fingerprint density at radius 1 is 1.23 bits per heavy atom. The van der Waals surface area contributed by atoms with Gasteiger partial charge in [-0.2, -0.15) is 0 Å². The van der Waals surface area contributed by atoms with Crippen LogP contribution in [-0.4, -0.2) is 32.4 Å². The Balaban J connectivity index is 2.50. The van der Waals surface area contributed by atoms with Gasteiger partial charge < -0.3 is 9.84 Å². The number of carboxylic acid groups (broad SMARTS) is 1. The second-order valence-corrected chi connectivity index (χ2v) is 7.86. The molecule has 2 aromatic rings. The Hall–Kier alpha value is -2.56. The fraction of sp³-hybridized carbons (Fsp3) is 0.167. The Morgan fingerprint density at radius 2 is 1.88 bits per heavy atom. The molecule has 2 rings (SSSR count). The number of ether oxygens (including phenoxy) is 1. The first kappa shape index (κ1) is 19.8. The van der Waals surface area contributed by atoms with Crippen LogP contribution in [0.2, 0.25) is 5.02 Å². The molecule has 0 bridgehead atoms. The number of hydrogen-bond acceptors (Lipinski definition) is 4. The summed E-state index contributed by atoms with van der Waals surface area (Å²) < 4.78 is 42.3. The molecule has 0 unspecified atom stereocenters. The molecule has 8 heteroatoms. The van der Waals surface area contributed by atoms with Crippen LogP contribution in [0.5, 0.6) is 5.75 Å². The minimum Gasteiger partial charge on any atom is -0.481 e. The van der Waals surface area contributed by atoms with Gasteiger partial charge in [0.1, 0.15) is 16.5 Å². The van der Waals surface area contributed by atoms with Crippen molar-refractivity contribution in [2.75, 3.05) is 12.9 Å². The number of halogens is 2. The van der Waals surface area contributed by atoms with Crippen molar-refractivity contribution in [2.24, 2.45) is 0 Å². The highest BCUT2D eigenvalue weighted by Gasteiger charge is 2.15. The van der Waals surface area contributed by atoms with Crippen LogP contribution in [0.15, 0.2) is 35.2 Å². The van der Waals surface area contributed by atoms with E-state index in [2.05, 4.69) is 11.8 Å². The van der Waals surface area contributed by atoms with E-state index in [1.165, 1.54) is 18.2 Å². The lowest BCUT2D eigenvalue weighted by Crippen LogP contribution is -2.10. The molecule has 2 aromatic carbocycles. The molecular weight excluding hydrogens is 383 g/mol. The zero-order valence-electron chi connectivity index (χ0n) is 13.8. The molecule has 0 heterocycles. The van der Waals surface area contributed by atoms with Gasteiger partial charge in [0, 0.05) is 16.8 Å². The number of aliphatic carboxylic acids is 1. The number of benzene rings is 2. The Labute approximate surface area is 155 Å². The van der Waals surface area contributed by atoms with E-state index in [-0.39, 0.29) is 5.75 Å². The number of carboxylic acids is 1. The summed E-state index contributed by atoms with van der Waals surface area (Å²) in [6, 6.07) is 6.75. The molecule has 0 radical (unpaired) electrons. The van der Waals surface area contributed by atoms with E-state index in [0.717, 1.165) is 18.4 Å². The topological polar surface area (TPSA) is 80.7 Å². The van der Waals surface area contributed by atoms with Crippen molar-refractivity contribution in [3.63, 3.8) is 0 Å². The zero-order valence-corrected chi connectivity index (χ0v) is 15.4. The van der Waals surface area contributed by atoms with Crippen molar-refractivity contribution in [2.45, 2.75) is 11.8 Å². The molecule has 0 fully saturated rings. The second-order valence-electron chi connectivity index (χ2n) is 5.44. The van der Waals surface area contributed by atoms with E-state index in [4.69, 9.17) is 21.4 Å². The first-order valence-corrected chi connectivity index (χ1v) is 9.51. The largest absolute Gasteiger partial charge is 0.481 e. The smallest absolute Gasteiger partial charge is 0.341 e. The fourth-order valence-corrected chi connectivity index (χ4v) is 2.99. The molecule has 0 atom stereocenters. The van der Waals surface area contributed by atoms with E-state index in [1.54, 1.807) is 6.92 Å². The number of aryl methyl sites for hydroxylation is 1. The molecule has 26 heavy (non-hydrogen) atoms. The highest BCUT2D eigenvalue weighted by molar-refractivity contribution is 7.90. The summed E-state index contributed by atoms with van der Waals surface area (Å²) in [7, 11) is -3.74. The van der Waals surface area contributed by atoms with E-state index < -0.39 is 33.1 Å². The summed E-state index contributed by atoms with van der Waals surface area (Å²) in [4.78, 5) is 10.2. The summed E-state index contributed by atoms with van der Waals surface area (Å²) in [5.41, 5.74) is 1.09. The number of sulfone groups is 1. The average Bonchev–Trinajstić information content (AvgIpc) is 2.51. The van der Waals surface area contributed by atoms with E-state index in [1.807, 2.05) is 0 Å². The number of rotatable bonds is 4. The lowest BCUT2D eigenvalue weighted by Gasteiger charge is -2.07. The number of carbonyl (C=O) groups is 1. The Kier molecular flexibility index (Phi) is 5.90. The van der Waals surface area contributed by atoms with Gasteiger partial charge in [0.05, 0.1) is 5.56 Å². The highest BCUT2D eigenvalue weighted by Crippen LogP contribution is 2.23. The normalized spacial score (nSPS) is 10.8. The molecular formula is C18H14ClFO5S. The van der Waals surface area contributed by atoms with Crippen LogP contribution in [0, 0.1) is 24.6 Å². The summed E-state index contributed by atoms with van der Waals surface area (Å²) in [6.45, 7) is 1.04. The molecule has 1 N–H and O–H groups in total. The van der Waals surface area contributed by atoms with Gasteiger partial charge in [0.25, 0.3) is 0 Å². The van der Waals surface area contributed by atoms with E-state index in [9.17, 15) is 17.6 Å². The molecule has 136 valence electrons. The summed E-state index contributed by atoms with van der Waals surface area (Å²) >= 11 is 5.93. The van der Waals surface area contributed by atoms with Gasteiger partial charge in [-0.3, -0.25) is 0 Å². The second kappa shape index (κ2) is 7.77. The fourth-order valence-electron chi connectivity index (χ4n) is 2.07. The van der Waals surface area contributed by atoms with Gasteiger partial charge in [0.15, 0.2) is 16.4 Å². The summed E-state index contributed by atoms with van der Waals surface area (Å²) in [6.07, 6.45) is 0.909. The predicted molar refractivity (Wildman–Crippen MR) is 94.8 cm³/mol. The van der Waals surface area contributed by atoms with E-state index >= 15 is 0 Å². The third-order valence-corrected chi connectivity index (χ3v) is 4.65. The van der Waals surface area contributed by atoms with Crippen LogP contribution in [0.25, 0.3) is 0 Å². The first-order chi connectivity index (χ1) is 12.1. The van der Waals surface area contributed by atoms with Crippen LogP contribution in [0.4, 0.5) is 4.39 Å². The lowest BCUT2D eigenvalue weighted by molar-refractivity contribution is -0.139. The van der Waals surface area contributed by atoms with Gasteiger partial charge in [-0.25, -0.2) is 17.6 Å². The molecule has 0 saturated heterocycles. The van der Waals surface area contributed by atoms with Crippen molar-refractivity contribution < 1.29 is 27.4 Å². The van der Waals surface area contributed by atoms with Crippen molar-refractivity contribution in [3.8, 4) is 17.6 Å². The molecule has 0 saturated carbocycles. The third kappa shape index (κ3) is 4.97.